The summed E-state index contributed by atoms with van der Waals surface area (Å²) < 4.78 is 18.7. The van der Waals surface area contributed by atoms with Gasteiger partial charge in [-0.1, -0.05) is 6.07 Å². The minimum Gasteiger partial charge on any atom is -0.536 e. The number of aliphatic hydroxyl groups is 1. The van der Waals surface area contributed by atoms with Crippen LogP contribution < -0.4 is 4.65 Å². The van der Waals surface area contributed by atoms with Crippen LogP contribution in [0.1, 0.15) is 24.0 Å². The van der Waals surface area contributed by atoms with Crippen molar-refractivity contribution in [3.8, 4) is 5.75 Å². The molecular formula is C11H12BFO3. The van der Waals surface area contributed by atoms with Crippen molar-refractivity contribution in [2.45, 2.75) is 31.2 Å². The van der Waals surface area contributed by atoms with Gasteiger partial charge in [-0.3, -0.25) is 0 Å². The maximum absolute atomic E-state index is 13.5. The maximum atomic E-state index is 13.5. The molecule has 2 aliphatic rings. The number of hydrogen-bond donors (Lipinski definition) is 2. The molecule has 0 radical (unpaired) electrons. The van der Waals surface area contributed by atoms with Crippen LogP contribution >= 0.6 is 0 Å². The molecule has 1 fully saturated rings. The zero-order valence-electron chi connectivity index (χ0n) is 8.74. The Balaban J connectivity index is 2.18. The molecule has 1 heterocycles. The number of halogens is 1. The van der Waals surface area contributed by atoms with Crippen molar-refractivity contribution in [2.24, 2.45) is 0 Å². The minimum absolute atomic E-state index is 0.0371. The van der Waals surface area contributed by atoms with Gasteiger partial charge in [0.15, 0.2) is 0 Å². The van der Waals surface area contributed by atoms with Gasteiger partial charge >= 0.3 is 7.12 Å². The van der Waals surface area contributed by atoms with Crippen molar-refractivity contribution in [2.75, 3.05) is 0 Å². The van der Waals surface area contributed by atoms with Crippen LogP contribution in [0.25, 0.3) is 0 Å². The lowest BCUT2D eigenvalue weighted by Crippen LogP contribution is -2.33. The van der Waals surface area contributed by atoms with Gasteiger partial charge in [-0.25, -0.2) is 4.39 Å². The van der Waals surface area contributed by atoms with Crippen molar-refractivity contribution >= 4 is 7.12 Å². The fourth-order valence-corrected chi connectivity index (χ4v) is 2.55. The summed E-state index contributed by atoms with van der Waals surface area (Å²) in [6.45, 7) is -0.405. The van der Waals surface area contributed by atoms with E-state index in [9.17, 15) is 9.41 Å². The van der Waals surface area contributed by atoms with E-state index in [-0.39, 0.29) is 11.0 Å². The summed E-state index contributed by atoms with van der Waals surface area (Å²) in [5, 5.41) is 18.8. The van der Waals surface area contributed by atoms with Crippen LogP contribution in [0.3, 0.4) is 0 Å². The van der Waals surface area contributed by atoms with Crippen LogP contribution in [0.5, 0.6) is 5.75 Å². The first-order chi connectivity index (χ1) is 7.66. The standard InChI is InChI=1S/C11H12BFO3/c13-9-2-1-8-10(7(9)5-14)16-12(15)6-11(8)3-4-11/h1-2,14-15H,3-6H2. The molecule has 1 aliphatic heterocycles. The first-order valence-electron chi connectivity index (χ1n) is 5.44. The topological polar surface area (TPSA) is 49.7 Å². The van der Waals surface area contributed by atoms with Gasteiger partial charge in [0.1, 0.15) is 11.6 Å². The summed E-state index contributed by atoms with van der Waals surface area (Å²) in [7, 11) is -0.887. The predicted octanol–water partition coefficient (Wildman–Crippen LogP) is 1.22. The van der Waals surface area contributed by atoms with E-state index in [1.165, 1.54) is 6.07 Å². The summed E-state index contributed by atoms with van der Waals surface area (Å²) in [5.41, 5.74) is 1.05. The lowest BCUT2D eigenvalue weighted by atomic mass is 9.69. The van der Waals surface area contributed by atoms with Gasteiger partial charge in [-0.15, -0.1) is 0 Å². The van der Waals surface area contributed by atoms with Gasteiger partial charge < -0.3 is 14.8 Å². The van der Waals surface area contributed by atoms with Crippen LogP contribution in [-0.2, 0) is 12.0 Å². The Kier molecular flexibility index (Phi) is 2.03. The zero-order chi connectivity index (χ0) is 11.3. The molecule has 0 atom stereocenters. The van der Waals surface area contributed by atoms with Gasteiger partial charge in [0.2, 0.25) is 0 Å². The average Bonchev–Trinajstić information content (AvgIpc) is 2.98. The Morgan fingerprint density at radius 2 is 2.19 bits per heavy atom. The van der Waals surface area contributed by atoms with Crippen LogP contribution in [0.15, 0.2) is 12.1 Å². The normalized spacial score (nSPS) is 20.6. The van der Waals surface area contributed by atoms with Crippen molar-refractivity contribution in [1.29, 1.82) is 0 Å². The summed E-state index contributed by atoms with van der Waals surface area (Å²) in [4.78, 5) is 0. The Hall–Kier alpha value is -1.07. The second-order valence-electron chi connectivity index (χ2n) is 4.62. The Morgan fingerprint density at radius 3 is 2.81 bits per heavy atom. The molecule has 1 aliphatic carbocycles. The molecule has 2 N–H and O–H groups in total. The quantitative estimate of drug-likeness (QED) is 0.702. The molecular weight excluding hydrogens is 210 g/mol. The highest BCUT2D eigenvalue weighted by atomic mass is 19.1. The Bertz CT molecular complexity index is 445. The molecule has 1 spiro atoms. The van der Waals surface area contributed by atoms with E-state index in [1.807, 2.05) is 0 Å². The second-order valence-corrected chi connectivity index (χ2v) is 4.62. The highest BCUT2D eigenvalue weighted by Gasteiger charge is 2.52. The fraction of sp³-hybridized carbons (Fsp3) is 0.455. The number of benzene rings is 1. The van der Waals surface area contributed by atoms with Crippen molar-refractivity contribution in [3.05, 3.63) is 29.1 Å². The van der Waals surface area contributed by atoms with Gasteiger partial charge in [-0.05, 0) is 29.9 Å². The largest absolute Gasteiger partial charge is 0.536 e. The Labute approximate surface area is 93.0 Å². The third kappa shape index (κ3) is 1.28. The summed E-state index contributed by atoms with van der Waals surface area (Å²) in [6, 6.07) is 3.08. The van der Waals surface area contributed by atoms with E-state index in [2.05, 4.69) is 0 Å². The van der Waals surface area contributed by atoms with E-state index in [0.717, 1.165) is 18.4 Å². The van der Waals surface area contributed by atoms with Gasteiger partial charge in [0.25, 0.3) is 0 Å². The van der Waals surface area contributed by atoms with E-state index in [1.54, 1.807) is 6.07 Å². The molecule has 0 amide bonds. The highest BCUT2D eigenvalue weighted by Crippen LogP contribution is 2.57. The SMILES string of the molecule is OCc1c(F)ccc2c1OB(O)CC21CC1. The number of aliphatic hydroxyl groups excluding tert-OH is 1. The smallest absolute Gasteiger partial charge is 0.523 e. The van der Waals surface area contributed by atoms with Crippen LogP contribution in [0.2, 0.25) is 6.32 Å². The third-order valence-electron chi connectivity index (χ3n) is 3.61. The molecule has 84 valence electrons. The van der Waals surface area contributed by atoms with Gasteiger partial charge in [-0.2, -0.15) is 0 Å². The van der Waals surface area contributed by atoms with Crippen LogP contribution in [0.4, 0.5) is 4.39 Å². The molecule has 1 aromatic rings. The molecule has 1 aromatic carbocycles. The predicted molar refractivity (Wildman–Crippen MR) is 56.6 cm³/mol. The van der Waals surface area contributed by atoms with E-state index >= 15 is 0 Å². The lowest BCUT2D eigenvalue weighted by molar-refractivity contribution is 0.267. The summed E-state index contributed by atoms with van der Waals surface area (Å²) in [6.07, 6.45) is 2.56. The molecule has 3 rings (SSSR count). The lowest BCUT2D eigenvalue weighted by Gasteiger charge is -2.29. The van der Waals surface area contributed by atoms with Crippen LogP contribution in [0, 0.1) is 5.82 Å². The molecule has 5 heteroatoms. The van der Waals surface area contributed by atoms with Crippen molar-refractivity contribution in [3.63, 3.8) is 0 Å². The molecule has 1 saturated carbocycles. The number of hydrogen-bond acceptors (Lipinski definition) is 3. The van der Waals surface area contributed by atoms with Crippen molar-refractivity contribution < 1.29 is 19.2 Å². The average molecular weight is 222 g/mol. The molecule has 0 unspecified atom stereocenters. The highest BCUT2D eigenvalue weighted by molar-refractivity contribution is 6.45. The fourth-order valence-electron chi connectivity index (χ4n) is 2.55. The third-order valence-corrected chi connectivity index (χ3v) is 3.61. The number of fused-ring (bicyclic) bond motifs is 2. The van der Waals surface area contributed by atoms with Gasteiger partial charge in [0, 0.05) is 6.32 Å². The van der Waals surface area contributed by atoms with E-state index in [4.69, 9.17) is 9.76 Å². The van der Waals surface area contributed by atoms with Gasteiger partial charge in [0.05, 0.1) is 12.2 Å². The monoisotopic (exact) mass is 222 g/mol. The molecule has 0 saturated heterocycles. The Morgan fingerprint density at radius 1 is 1.44 bits per heavy atom. The van der Waals surface area contributed by atoms with E-state index < -0.39 is 19.5 Å². The van der Waals surface area contributed by atoms with Crippen LogP contribution in [-0.4, -0.2) is 17.2 Å². The minimum atomic E-state index is -0.887. The molecule has 16 heavy (non-hydrogen) atoms. The first kappa shape index (κ1) is 10.1. The van der Waals surface area contributed by atoms with Crippen molar-refractivity contribution in [1.82, 2.24) is 0 Å². The summed E-state index contributed by atoms with van der Waals surface area (Å²) >= 11 is 0. The van der Waals surface area contributed by atoms with E-state index in [0.29, 0.717) is 12.1 Å². The zero-order valence-corrected chi connectivity index (χ0v) is 8.74. The first-order valence-corrected chi connectivity index (χ1v) is 5.44. The second kappa shape index (κ2) is 3.21. The maximum Gasteiger partial charge on any atom is 0.523 e. The summed E-state index contributed by atoms with van der Waals surface area (Å²) in [5.74, 6) is -0.134. The molecule has 0 bridgehead atoms. The molecule has 0 aromatic heterocycles. The molecule has 3 nitrogen and oxygen atoms in total. The number of rotatable bonds is 1.